The Labute approximate surface area is 168 Å². The Balaban J connectivity index is 1.34. The standard InChI is InChI=1S/C21H25N3O3S/c22-19(26)21(9-3-10-21)20(27)24-12-2-1-11-23-18(25)16-6-4-15(5-7-16)17-8-13-28-14-17/h4-8,13-14H,1-3,9-12H2,(H2,22,26)(H,23,25)(H,24,27). The number of hydrogen-bond donors (Lipinski definition) is 3. The number of hydrogen-bond acceptors (Lipinski definition) is 4. The number of nitrogens with one attached hydrogen (secondary N) is 2. The number of amides is 3. The van der Waals surface area contributed by atoms with Gasteiger partial charge in [0, 0.05) is 18.7 Å². The van der Waals surface area contributed by atoms with Gasteiger partial charge in [-0.15, -0.1) is 0 Å². The second-order valence-corrected chi connectivity index (χ2v) is 7.89. The van der Waals surface area contributed by atoms with Gasteiger partial charge in [-0.3, -0.25) is 14.4 Å². The maximum absolute atomic E-state index is 12.2. The van der Waals surface area contributed by atoms with Crippen molar-refractivity contribution in [2.75, 3.05) is 13.1 Å². The number of benzene rings is 1. The SMILES string of the molecule is NC(=O)C1(C(=O)NCCCCNC(=O)c2ccc(-c3ccsc3)cc2)CCC1. The van der Waals surface area contributed by atoms with E-state index < -0.39 is 11.3 Å². The third kappa shape index (κ3) is 4.42. The molecular formula is C21H25N3O3S. The van der Waals surface area contributed by atoms with Crippen molar-refractivity contribution in [2.45, 2.75) is 32.1 Å². The van der Waals surface area contributed by atoms with E-state index in [0.717, 1.165) is 30.4 Å². The van der Waals surface area contributed by atoms with Crippen LogP contribution in [0.3, 0.4) is 0 Å². The molecule has 0 unspecified atom stereocenters. The van der Waals surface area contributed by atoms with Gasteiger partial charge < -0.3 is 16.4 Å². The Morgan fingerprint density at radius 3 is 2.18 bits per heavy atom. The second-order valence-electron chi connectivity index (χ2n) is 7.11. The van der Waals surface area contributed by atoms with Crippen LogP contribution < -0.4 is 16.4 Å². The third-order valence-electron chi connectivity index (χ3n) is 5.29. The molecule has 1 aromatic carbocycles. The summed E-state index contributed by atoms with van der Waals surface area (Å²) in [5.74, 6) is -0.905. The van der Waals surface area contributed by atoms with Crippen molar-refractivity contribution in [2.24, 2.45) is 11.1 Å². The van der Waals surface area contributed by atoms with E-state index in [1.54, 1.807) is 11.3 Å². The number of carbonyl (C=O) groups excluding carboxylic acids is 3. The molecule has 1 heterocycles. The molecule has 6 nitrogen and oxygen atoms in total. The van der Waals surface area contributed by atoms with Gasteiger partial charge in [0.05, 0.1) is 0 Å². The van der Waals surface area contributed by atoms with Gasteiger partial charge >= 0.3 is 0 Å². The molecule has 1 aliphatic carbocycles. The minimum absolute atomic E-state index is 0.108. The van der Waals surface area contributed by atoms with Crippen LogP contribution in [-0.4, -0.2) is 30.8 Å². The average Bonchev–Trinajstić information content (AvgIpc) is 3.18. The van der Waals surface area contributed by atoms with Crippen LogP contribution >= 0.6 is 11.3 Å². The number of thiophene rings is 1. The zero-order valence-electron chi connectivity index (χ0n) is 15.7. The van der Waals surface area contributed by atoms with Gasteiger partial charge in [-0.1, -0.05) is 18.6 Å². The normalized spacial score (nSPS) is 14.7. The van der Waals surface area contributed by atoms with Gasteiger partial charge in [-0.05, 0) is 65.8 Å². The van der Waals surface area contributed by atoms with Crippen molar-refractivity contribution >= 4 is 29.1 Å². The molecule has 0 saturated heterocycles. The molecule has 148 valence electrons. The lowest BCUT2D eigenvalue weighted by Crippen LogP contribution is -2.54. The molecule has 1 fully saturated rings. The van der Waals surface area contributed by atoms with E-state index >= 15 is 0 Å². The molecule has 0 radical (unpaired) electrons. The zero-order chi connectivity index (χ0) is 20.0. The van der Waals surface area contributed by atoms with Crippen molar-refractivity contribution in [3.8, 4) is 11.1 Å². The highest BCUT2D eigenvalue weighted by atomic mass is 32.1. The van der Waals surface area contributed by atoms with Gasteiger partial charge in [0.1, 0.15) is 5.41 Å². The lowest BCUT2D eigenvalue weighted by molar-refractivity contribution is -0.147. The summed E-state index contributed by atoms with van der Waals surface area (Å²) in [5, 5.41) is 9.78. The fourth-order valence-corrected chi connectivity index (χ4v) is 3.95. The Kier molecular flexibility index (Phi) is 6.46. The highest BCUT2D eigenvalue weighted by Crippen LogP contribution is 2.40. The molecule has 7 heteroatoms. The monoisotopic (exact) mass is 399 g/mol. The van der Waals surface area contributed by atoms with Crippen LogP contribution in [0.15, 0.2) is 41.1 Å². The topological polar surface area (TPSA) is 101 Å². The van der Waals surface area contributed by atoms with E-state index in [1.807, 2.05) is 29.6 Å². The van der Waals surface area contributed by atoms with Crippen LogP contribution in [0.1, 0.15) is 42.5 Å². The minimum Gasteiger partial charge on any atom is -0.369 e. The Hall–Kier alpha value is -2.67. The molecule has 2 aromatic rings. The van der Waals surface area contributed by atoms with Gasteiger partial charge in [0.15, 0.2) is 0 Å². The number of nitrogens with two attached hydrogens (primary N) is 1. The molecule has 0 bridgehead atoms. The van der Waals surface area contributed by atoms with E-state index in [0.29, 0.717) is 31.5 Å². The number of rotatable bonds is 9. The third-order valence-corrected chi connectivity index (χ3v) is 5.97. The van der Waals surface area contributed by atoms with E-state index in [9.17, 15) is 14.4 Å². The fraction of sp³-hybridized carbons (Fsp3) is 0.381. The van der Waals surface area contributed by atoms with E-state index in [1.165, 1.54) is 0 Å². The largest absolute Gasteiger partial charge is 0.369 e. The lowest BCUT2D eigenvalue weighted by Gasteiger charge is -2.36. The van der Waals surface area contributed by atoms with Gasteiger partial charge in [-0.25, -0.2) is 0 Å². The summed E-state index contributed by atoms with van der Waals surface area (Å²) in [7, 11) is 0. The summed E-state index contributed by atoms with van der Waals surface area (Å²) >= 11 is 1.64. The highest BCUT2D eigenvalue weighted by molar-refractivity contribution is 7.08. The lowest BCUT2D eigenvalue weighted by atomic mass is 9.67. The molecular weight excluding hydrogens is 374 g/mol. The van der Waals surface area contributed by atoms with Crippen molar-refractivity contribution in [3.63, 3.8) is 0 Å². The number of primary amides is 1. The summed E-state index contributed by atoms with van der Waals surface area (Å²) < 4.78 is 0. The first-order chi connectivity index (χ1) is 13.5. The molecule has 1 aliphatic rings. The summed E-state index contributed by atoms with van der Waals surface area (Å²) in [5.41, 5.74) is 7.24. The quantitative estimate of drug-likeness (QED) is 0.446. The van der Waals surface area contributed by atoms with Crippen LogP contribution in [0.25, 0.3) is 11.1 Å². The second kappa shape index (κ2) is 9.01. The van der Waals surface area contributed by atoms with Crippen molar-refractivity contribution in [3.05, 3.63) is 46.7 Å². The Morgan fingerprint density at radius 1 is 0.964 bits per heavy atom. The Bertz CT molecular complexity index is 827. The summed E-state index contributed by atoms with van der Waals surface area (Å²) in [6.07, 6.45) is 3.39. The zero-order valence-corrected chi connectivity index (χ0v) is 16.5. The van der Waals surface area contributed by atoms with Gasteiger partial charge in [0.25, 0.3) is 5.91 Å². The van der Waals surface area contributed by atoms with Gasteiger partial charge in [-0.2, -0.15) is 11.3 Å². The molecule has 4 N–H and O–H groups in total. The Morgan fingerprint density at radius 2 is 1.64 bits per heavy atom. The average molecular weight is 400 g/mol. The number of unbranched alkanes of at least 4 members (excludes halogenated alkanes) is 1. The van der Waals surface area contributed by atoms with Gasteiger partial charge in [0.2, 0.25) is 11.8 Å². The minimum atomic E-state index is -0.997. The maximum atomic E-state index is 12.2. The van der Waals surface area contributed by atoms with Crippen molar-refractivity contribution in [1.82, 2.24) is 10.6 Å². The molecule has 1 saturated carbocycles. The molecule has 0 atom stereocenters. The predicted molar refractivity (Wildman–Crippen MR) is 110 cm³/mol. The maximum Gasteiger partial charge on any atom is 0.251 e. The van der Waals surface area contributed by atoms with Crippen LogP contribution in [-0.2, 0) is 9.59 Å². The molecule has 1 aromatic heterocycles. The molecule has 28 heavy (non-hydrogen) atoms. The van der Waals surface area contributed by atoms with E-state index in [2.05, 4.69) is 22.1 Å². The van der Waals surface area contributed by atoms with Crippen LogP contribution in [0, 0.1) is 5.41 Å². The first kappa shape index (κ1) is 20.1. The van der Waals surface area contributed by atoms with Crippen LogP contribution in [0.5, 0.6) is 0 Å². The highest BCUT2D eigenvalue weighted by Gasteiger charge is 2.49. The van der Waals surface area contributed by atoms with Crippen molar-refractivity contribution < 1.29 is 14.4 Å². The van der Waals surface area contributed by atoms with E-state index in [-0.39, 0.29) is 11.8 Å². The first-order valence-corrected chi connectivity index (χ1v) is 10.5. The number of carbonyl (C=O) groups is 3. The van der Waals surface area contributed by atoms with Crippen molar-refractivity contribution in [1.29, 1.82) is 0 Å². The summed E-state index contributed by atoms with van der Waals surface area (Å²) in [6.45, 7) is 1.00. The molecule has 0 spiro atoms. The molecule has 3 rings (SSSR count). The summed E-state index contributed by atoms with van der Waals surface area (Å²) in [4.78, 5) is 35.8. The predicted octanol–water partition coefficient (Wildman–Crippen LogP) is 2.70. The summed E-state index contributed by atoms with van der Waals surface area (Å²) in [6, 6.07) is 9.59. The van der Waals surface area contributed by atoms with E-state index in [4.69, 9.17) is 5.73 Å². The fourth-order valence-electron chi connectivity index (χ4n) is 3.28. The van der Waals surface area contributed by atoms with Crippen LogP contribution in [0.2, 0.25) is 0 Å². The molecule has 3 amide bonds. The van der Waals surface area contributed by atoms with Crippen LogP contribution in [0.4, 0.5) is 0 Å². The first-order valence-electron chi connectivity index (χ1n) is 9.52. The smallest absolute Gasteiger partial charge is 0.251 e. The molecule has 0 aliphatic heterocycles.